The fourth-order valence-electron chi connectivity index (χ4n) is 1.19. The van der Waals surface area contributed by atoms with Crippen molar-refractivity contribution >= 4 is 38.6 Å². The number of carboxylic acid groups (broad SMARTS) is 1. The second kappa shape index (κ2) is 6.44. The molecule has 118 valence electrons. The first-order valence-electron chi connectivity index (χ1n) is 5.16. The minimum Gasteiger partial charge on any atom is -0.478 e. The second-order valence-electron chi connectivity index (χ2n) is 3.83. The van der Waals surface area contributed by atoms with Gasteiger partial charge in [-0.3, -0.25) is 0 Å². The van der Waals surface area contributed by atoms with E-state index >= 15 is 0 Å². The van der Waals surface area contributed by atoms with Gasteiger partial charge in [0.15, 0.2) is 0 Å². The summed E-state index contributed by atoms with van der Waals surface area (Å²) < 4.78 is 74.3. The van der Waals surface area contributed by atoms with Crippen molar-refractivity contribution in [1.82, 2.24) is 4.72 Å². The fraction of sp³-hybridized carbons (Fsp3) is 0.300. The summed E-state index contributed by atoms with van der Waals surface area (Å²) in [6.45, 7) is -1.79. The van der Waals surface area contributed by atoms with Gasteiger partial charge in [0, 0.05) is 3.57 Å². The van der Waals surface area contributed by atoms with Gasteiger partial charge in [-0.2, -0.15) is 8.78 Å². The van der Waals surface area contributed by atoms with Crippen LogP contribution in [-0.4, -0.2) is 38.4 Å². The predicted octanol–water partition coefficient (Wildman–Crippen LogP) is 2.17. The Balaban J connectivity index is 3.04. The largest absolute Gasteiger partial charge is 0.478 e. The average molecular weight is 441 g/mol. The lowest BCUT2D eigenvalue weighted by molar-refractivity contribution is -0.122. The van der Waals surface area contributed by atoms with Gasteiger partial charge in [-0.1, -0.05) is 0 Å². The minimum atomic E-state index is -4.53. The van der Waals surface area contributed by atoms with E-state index in [0.29, 0.717) is 0 Å². The van der Waals surface area contributed by atoms with Gasteiger partial charge in [-0.15, -0.1) is 0 Å². The molecule has 1 rings (SSSR count). The van der Waals surface area contributed by atoms with Crippen LogP contribution in [-0.2, 0) is 10.0 Å². The molecule has 0 atom stereocenters. The van der Waals surface area contributed by atoms with E-state index in [9.17, 15) is 30.8 Å². The van der Waals surface area contributed by atoms with Crippen molar-refractivity contribution in [3.8, 4) is 0 Å². The molecule has 1 aromatic rings. The van der Waals surface area contributed by atoms with Crippen LogP contribution in [0.2, 0.25) is 0 Å². The maximum atomic E-state index is 12.7. The van der Waals surface area contributed by atoms with Crippen LogP contribution in [0.5, 0.6) is 0 Å². The summed E-state index contributed by atoms with van der Waals surface area (Å²) >= 11 is 1.65. The summed E-state index contributed by atoms with van der Waals surface area (Å²) in [5.74, 6) is -5.93. The minimum absolute atomic E-state index is 0.233. The first-order valence-corrected chi connectivity index (χ1v) is 7.72. The molecule has 0 aliphatic heterocycles. The number of carbonyl (C=O) groups is 1. The van der Waals surface area contributed by atoms with Gasteiger partial charge in [-0.25, -0.2) is 26.7 Å². The number of rotatable bonds is 6. The Labute approximate surface area is 130 Å². The Kier molecular flexibility index (Phi) is 5.55. The molecule has 0 saturated heterocycles. The van der Waals surface area contributed by atoms with E-state index in [1.807, 2.05) is 0 Å². The van der Waals surface area contributed by atoms with Crippen molar-refractivity contribution in [3.63, 3.8) is 0 Å². The summed E-state index contributed by atoms with van der Waals surface area (Å²) in [6, 6.07) is 2.90. The zero-order chi connectivity index (χ0) is 16.4. The molecule has 0 amide bonds. The third-order valence-corrected chi connectivity index (χ3v) is 4.64. The van der Waals surface area contributed by atoms with Gasteiger partial charge in [0.2, 0.25) is 10.0 Å². The highest BCUT2D eigenvalue weighted by molar-refractivity contribution is 14.1. The molecule has 5 nitrogen and oxygen atoms in total. The molecule has 0 fully saturated rings. The Hall–Kier alpha value is -0.950. The molecule has 0 spiro atoms. The molecule has 1 aromatic carbocycles. The molecule has 0 bridgehead atoms. The van der Waals surface area contributed by atoms with Crippen LogP contribution in [0, 0.1) is 3.57 Å². The van der Waals surface area contributed by atoms with E-state index in [2.05, 4.69) is 0 Å². The number of hydrogen-bond donors (Lipinski definition) is 2. The van der Waals surface area contributed by atoms with Gasteiger partial charge >= 0.3 is 18.3 Å². The Morgan fingerprint density at radius 2 is 1.95 bits per heavy atom. The van der Waals surface area contributed by atoms with Crippen LogP contribution in [0.4, 0.5) is 17.6 Å². The Bertz CT molecular complexity index is 650. The number of benzene rings is 1. The zero-order valence-corrected chi connectivity index (χ0v) is 13.0. The summed E-state index contributed by atoms with van der Waals surface area (Å²) in [4.78, 5) is 10.3. The number of hydrogen-bond acceptors (Lipinski definition) is 3. The molecular weight excluding hydrogens is 433 g/mol. The molecule has 0 unspecified atom stereocenters. The van der Waals surface area contributed by atoms with Crippen molar-refractivity contribution in [1.29, 1.82) is 0 Å². The SMILES string of the molecule is O=C(O)c1cc(S(=O)(=O)NCC(F)(F)C(F)F)ccc1I. The number of halogens is 5. The number of aromatic carboxylic acids is 1. The predicted molar refractivity (Wildman–Crippen MR) is 72.3 cm³/mol. The second-order valence-corrected chi connectivity index (χ2v) is 6.76. The van der Waals surface area contributed by atoms with Crippen molar-refractivity contribution < 1.29 is 35.9 Å². The van der Waals surface area contributed by atoms with Crippen LogP contribution >= 0.6 is 22.6 Å². The quantitative estimate of drug-likeness (QED) is 0.524. The van der Waals surface area contributed by atoms with Crippen molar-refractivity contribution in [2.75, 3.05) is 6.54 Å². The van der Waals surface area contributed by atoms with Crippen LogP contribution in [0.25, 0.3) is 0 Å². The van der Waals surface area contributed by atoms with Crippen molar-refractivity contribution in [3.05, 3.63) is 27.3 Å². The van der Waals surface area contributed by atoms with E-state index < -0.39 is 39.8 Å². The molecule has 21 heavy (non-hydrogen) atoms. The number of alkyl halides is 4. The van der Waals surface area contributed by atoms with E-state index in [-0.39, 0.29) is 9.13 Å². The lowest BCUT2D eigenvalue weighted by atomic mass is 10.2. The van der Waals surface area contributed by atoms with Crippen molar-refractivity contribution in [2.45, 2.75) is 17.2 Å². The van der Waals surface area contributed by atoms with E-state index in [1.54, 1.807) is 22.6 Å². The maximum Gasteiger partial charge on any atom is 0.336 e. The highest BCUT2D eigenvalue weighted by atomic mass is 127. The zero-order valence-electron chi connectivity index (χ0n) is 9.99. The standard InChI is InChI=1S/C10H8F4INO4S/c11-9(12)10(13,14)4-16-21(19,20)5-1-2-7(15)6(3-5)8(17)18/h1-3,9,16H,4H2,(H,17,18). The van der Waals surface area contributed by atoms with Crippen LogP contribution in [0.15, 0.2) is 23.1 Å². The monoisotopic (exact) mass is 441 g/mol. The molecule has 0 heterocycles. The summed E-state index contributed by atoms with van der Waals surface area (Å²) in [6.07, 6.45) is -4.02. The van der Waals surface area contributed by atoms with Gasteiger partial charge in [-0.05, 0) is 40.8 Å². The fourth-order valence-corrected chi connectivity index (χ4v) is 2.82. The molecule has 11 heteroatoms. The summed E-state index contributed by atoms with van der Waals surface area (Å²) in [5.41, 5.74) is -0.348. The number of carboxylic acids is 1. The summed E-state index contributed by atoms with van der Waals surface area (Å²) in [5, 5.41) is 8.85. The molecular formula is C10H8F4INO4S. The van der Waals surface area contributed by atoms with Gasteiger partial charge in [0.25, 0.3) is 0 Å². The van der Waals surface area contributed by atoms with Crippen LogP contribution in [0.3, 0.4) is 0 Å². The molecule has 0 radical (unpaired) electrons. The third-order valence-electron chi connectivity index (χ3n) is 2.30. The number of sulfonamides is 1. The highest BCUT2D eigenvalue weighted by Crippen LogP contribution is 2.23. The lowest BCUT2D eigenvalue weighted by Gasteiger charge is -2.16. The lowest BCUT2D eigenvalue weighted by Crippen LogP contribution is -2.41. The van der Waals surface area contributed by atoms with Crippen molar-refractivity contribution in [2.24, 2.45) is 0 Å². The first kappa shape index (κ1) is 18.1. The molecule has 0 saturated carbocycles. The Morgan fingerprint density at radius 1 is 1.38 bits per heavy atom. The topological polar surface area (TPSA) is 83.5 Å². The summed E-state index contributed by atoms with van der Waals surface area (Å²) in [7, 11) is -4.53. The smallest absolute Gasteiger partial charge is 0.336 e. The molecule has 0 aliphatic rings. The van der Waals surface area contributed by atoms with Crippen LogP contribution < -0.4 is 4.72 Å². The molecule has 2 N–H and O–H groups in total. The van der Waals surface area contributed by atoms with E-state index in [0.717, 1.165) is 18.2 Å². The molecule has 0 aromatic heterocycles. The average Bonchev–Trinajstić information content (AvgIpc) is 2.36. The van der Waals surface area contributed by atoms with Gasteiger partial charge in [0.05, 0.1) is 17.0 Å². The molecule has 0 aliphatic carbocycles. The number of nitrogens with one attached hydrogen (secondary N) is 1. The maximum absolute atomic E-state index is 12.7. The van der Waals surface area contributed by atoms with Crippen LogP contribution in [0.1, 0.15) is 10.4 Å². The first-order chi connectivity index (χ1) is 9.47. The van der Waals surface area contributed by atoms with Gasteiger partial charge < -0.3 is 5.11 Å². The van der Waals surface area contributed by atoms with E-state index in [4.69, 9.17) is 5.11 Å². The highest BCUT2D eigenvalue weighted by Gasteiger charge is 2.41. The third kappa shape index (κ3) is 4.51. The van der Waals surface area contributed by atoms with E-state index in [1.165, 1.54) is 4.72 Å². The van der Waals surface area contributed by atoms with Gasteiger partial charge in [0.1, 0.15) is 0 Å². The Morgan fingerprint density at radius 3 is 2.43 bits per heavy atom. The normalized spacial score (nSPS) is 12.7.